The first-order valence-corrected chi connectivity index (χ1v) is 11.7. The molecule has 0 saturated carbocycles. The second-order valence-electron chi connectivity index (χ2n) is 8.20. The molecular weight excluding hydrogens is 449 g/mol. The number of ether oxygens (including phenoxy) is 1. The summed E-state index contributed by atoms with van der Waals surface area (Å²) in [7, 11) is 1.71. The maximum Gasteiger partial charge on any atom is 0.204 e. The van der Waals surface area contributed by atoms with Crippen molar-refractivity contribution in [2.24, 2.45) is 0 Å². The van der Waals surface area contributed by atoms with E-state index in [0.717, 1.165) is 48.9 Å². The highest BCUT2D eigenvalue weighted by molar-refractivity contribution is 7.71. The van der Waals surface area contributed by atoms with Crippen LogP contribution in [0.1, 0.15) is 0 Å². The molecule has 0 bridgehead atoms. The maximum atomic E-state index is 13.5. The quantitative estimate of drug-likeness (QED) is 0.367. The Balaban J connectivity index is 1.40. The third-order valence-corrected chi connectivity index (χ3v) is 6.48. The number of halogens is 1. The molecule has 4 aromatic rings. The molecule has 8 heteroatoms. The van der Waals surface area contributed by atoms with Crippen LogP contribution >= 0.6 is 12.2 Å². The Morgan fingerprint density at radius 1 is 0.882 bits per heavy atom. The first kappa shape index (κ1) is 22.3. The lowest BCUT2D eigenvalue weighted by atomic mass is 10.2. The molecule has 1 saturated heterocycles. The van der Waals surface area contributed by atoms with Crippen LogP contribution in [0, 0.1) is 10.6 Å². The van der Waals surface area contributed by atoms with E-state index in [1.165, 1.54) is 12.1 Å². The first-order valence-electron chi connectivity index (χ1n) is 11.3. The highest BCUT2D eigenvalue weighted by atomic mass is 32.1. The predicted octanol–water partition coefficient (Wildman–Crippen LogP) is 5.00. The summed E-state index contributed by atoms with van der Waals surface area (Å²) >= 11 is 5.86. The number of benzene rings is 3. The monoisotopic (exact) mass is 475 g/mol. The van der Waals surface area contributed by atoms with Gasteiger partial charge < -0.3 is 9.64 Å². The van der Waals surface area contributed by atoms with Gasteiger partial charge in [0, 0.05) is 37.4 Å². The van der Waals surface area contributed by atoms with Gasteiger partial charge in [0.05, 0.1) is 19.5 Å². The Morgan fingerprint density at radius 3 is 2.26 bits per heavy atom. The largest absolute Gasteiger partial charge is 0.495 e. The van der Waals surface area contributed by atoms with Crippen molar-refractivity contribution in [3.05, 3.63) is 89.5 Å². The van der Waals surface area contributed by atoms with Crippen molar-refractivity contribution < 1.29 is 9.13 Å². The van der Waals surface area contributed by atoms with Gasteiger partial charge >= 0.3 is 0 Å². The summed E-state index contributed by atoms with van der Waals surface area (Å²) < 4.78 is 23.5. The van der Waals surface area contributed by atoms with E-state index in [-0.39, 0.29) is 5.82 Å². The third kappa shape index (κ3) is 4.47. The van der Waals surface area contributed by atoms with Crippen molar-refractivity contribution in [3.8, 4) is 22.8 Å². The predicted molar refractivity (Wildman–Crippen MR) is 135 cm³/mol. The van der Waals surface area contributed by atoms with Gasteiger partial charge in [0.25, 0.3) is 0 Å². The average Bonchev–Trinajstić information content (AvgIpc) is 3.21. The molecule has 1 fully saturated rings. The fourth-order valence-corrected chi connectivity index (χ4v) is 4.60. The van der Waals surface area contributed by atoms with Gasteiger partial charge in [0.15, 0.2) is 5.82 Å². The summed E-state index contributed by atoms with van der Waals surface area (Å²) in [5.41, 5.74) is 2.86. The summed E-state index contributed by atoms with van der Waals surface area (Å²) in [6.45, 7) is 4.12. The number of nitrogens with zero attached hydrogens (tertiary/aromatic N) is 5. The van der Waals surface area contributed by atoms with Crippen molar-refractivity contribution in [3.63, 3.8) is 0 Å². The van der Waals surface area contributed by atoms with Crippen molar-refractivity contribution >= 4 is 17.9 Å². The maximum absolute atomic E-state index is 13.5. The Bertz CT molecular complexity index is 1310. The highest BCUT2D eigenvalue weighted by Gasteiger charge is 2.22. The van der Waals surface area contributed by atoms with Crippen LogP contribution in [0.5, 0.6) is 5.75 Å². The molecule has 3 aromatic carbocycles. The minimum atomic E-state index is -0.277. The van der Waals surface area contributed by atoms with Crippen molar-refractivity contribution in [2.75, 3.05) is 38.2 Å². The zero-order chi connectivity index (χ0) is 23.5. The number of piperazine rings is 1. The molecule has 5 rings (SSSR count). The summed E-state index contributed by atoms with van der Waals surface area (Å²) in [5, 5.41) is 4.86. The Labute approximate surface area is 203 Å². The number of hydrogen-bond donors (Lipinski definition) is 0. The van der Waals surface area contributed by atoms with Gasteiger partial charge in [-0.1, -0.05) is 30.3 Å². The molecule has 1 aliphatic rings. The van der Waals surface area contributed by atoms with Crippen LogP contribution in [0.15, 0.2) is 78.9 Å². The smallest absolute Gasteiger partial charge is 0.204 e. The third-order valence-electron chi connectivity index (χ3n) is 6.09. The van der Waals surface area contributed by atoms with Gasteiger partial charge in [-0.15, -0.1) is 5.10 Å². The minimum absolute atomic E-state index is 0.277. The second-order valence-corrected chi connectivity index (χ2v) is 8.57. The SMILES string of the molecule is COc1ccccc1N1CCN(Cn2nc(-c3ccc(F)cc3)n(-c3ccccc3)c2=S)CC1. The van der Waals surface area contributed by atoms with Gasteiger partial charge in [0.1, 0.15) is 11.6 Å². The lowest BCUT2D eigenvalue weighted by Crippen LogP contribution is -2.47. The Hall–Kier alpha value is -3.49. The normalized spacial score (nSPS) is 14.4. The van der Waals surface area contributed by atoms with Crippen LogP contribution in [-0.4, -0.2) is 52.5 Å². The Kier molecular flexibility index (Phi) is 6.42. The first-order chi connectivity index (χ1) is 16.6. The molecule has 1 aliphatic heterocycles. The van der Waals surface area contributed by atoms with E-state index in [2.05, 4.69) is 15.9 Å². The molecule has 0 atom stereocenters. The van der Waals surface area contributed by atoms with Gasteiger partial charge in [-0.3, -0.25) is 9.47 Å². The molecule has 34 heavy (non-hydrogen) atoms. The number of anilines is 1. The van der Waals surface area contributed by atoms with E-state index in [1.807, 2.05) is 57.8 Å². The minimum Gasteiger partial charge on any atom is -0.495 e. The number of hydrogen-bond acceptors (Lipinski definition) is 5. The number of rotatable bonds is 6. The molecule has 0 radical (unpaired) electrons. The van der Waals surface area contributed by atoms with Crippen molar-refractivity contribution in [1.82, 2.24) is 19.2 Å². The lowest BCUT2D eigenvalue weighted by molar-refractivity contribution is 0.194. The van der Waals surface area contributed by atoms with Crippen LogP contribution in [0.4, 0.5) is 10.1 Å². The molecule has 6 nitrogen and oxygen atoms in total. The fourth-order valence-electron chi connectivity index (χ4n) is 4.31. The summed E-state index contributed by atoms with van der Waals surface area (Å²) in [4.78, 5) is 4.69. The van der Waals surface area contributed by atoms with Gasteiger partial charge in [-0.25, -0.2) is 9.07 Å². The van der Waals surface area contributed by atoms with Gasteiger partial charge in [0.2, 0.25) is 4.77 Å². The molecule has 0 amide bonds. The highest BCUT2D eigenvalue weighted by Crippen LogP contribution is 2.28. The van der Waals surface area contributed by atoms with E-state index in [4.69, 9.17) is 22.1 Å². The molecule has 0 unspecified atom stereocenters. The Morgan fingerprint density at radius 2 is 1.56 bits per heavy atom. The van der Waals surface area contributed by atoms with E-state index in [9.17, 15) is 4.39 Å². The molecular formula is C26H26FN5OS. The average molecular weight is 476 g/mol. The van der Waals surface area contributed by atoms with Crippen LogP contribution in [0.25, 0.3) is 17.1 Å². The van der Waals surface area contributed by atoms with E-state index < -0.39 is 0 Å². The van der Waals surface area contributed by atoms with E-state index in [1.54, 1.807) is 19.2 Å². The number of methoxy groups -OCH3 is 1. The molecule has 0 spiro atoms. The van der Waals surface area contributed by atoms with Gasteiger partial charge in [-0.05, 0) is 60.7 Å². The van der Waals surface area contributed by atoms with Crippen molar-refractivity contribution in [2.45, 2.75) is 6.67 Å². The zero-order valence-corrected chi connectivity index (χ0v) is 19.8. The topological polar surface area (TPSA) is 38.5 Å². The molecule has 174 valence electrons. The van der Waals surface area contributed by atoms with Crippen LogP contribution in [-0.2, 0) is 6.67 Å². The number of aromatic nitrogens is 3. The molecule has 1 aromatic heterocycles. The van der Waals surface area contributed by atoms with Crippen LogP contribution < -0.4 is 9.64 Å². The van der Waals surface area contributed by atoms with Crippen molar-refractivity contribution in [1.29, 1.82) is 0 Å². The van der Waals surface area contributed by atoms with Crippen LogP contribution in [0.3, 0.4) is 0 Å². The second kappa shape index (κ2) is 9.79. The molecule has 2 heterocycles. The zero-order valence-electron chi connectivity index (χ0n) is 19.0. The van der Waals surface area contributed by atoms with E-state index >= 15 is 0 Å². The lowest BCUT2D eigenvalue weighted by Gasteiger charge is -2.36. The fraction of sp³-hybridized carbons (Fsp3) is 0.231. The van der Waals surface area contributed by atoms with Crippen LogP contribution in [0.2, 0.25) is 0 Å². The van der Waals surface area contributed by atoms with E-state index in [0.29, 0.717) is 17.3 Å². The summed E-state index contributed by atoms with van der Waals surface area (Å²) in [5.74, 6) is 1.31. The summed E-state index contributed by atoms with van der Waals surface area (Å²) in [6.07, 6.45) is 0. The standard InChI is InChI=1S/C26H26FN5OS/c1-33-24-10-6-5-9-23(24)30-17-15-29(16-18-30)19-31-26(34)32(22-7-3-2-4-8-22)25(28-31)20-11-13-21(27)14-12-20/h2-14H,15-19H2,1H3. The van der Waals surface area contributed by atoms with Gasteiger partial charge in [-0.2, -0.15) is 0 Å². The summed E-state index contributed by atoms with van der Waals surface area (Å²) in [6, 6.07) is 24.4. The number of para-hydroxylation sites is 3. The molecule has 0 N–H and O–H groups in total. The molecule has 0 aliphatic carbocycles.